The number of fused-ring (bicyclic) bond motifs is 1. The number of Topliss-reactive ketones (excluding diaryl/α,β-unsaturated/α-hetero) is 1. The van der Waals surface area contributed by atoms with Gasteiger partial charge in [-0.1, -0.05) is 17.7 Å². The number of hydrogen-bond donors (Lipinski definition) is 1. The zero-order valence-electron chi connectivity index (χ0n) is 17.6. The molecular formula is C24H18ClNO6S. The van der Waals surface area contributed by atoms with Gasteiger partial charge in [0.2, 0.25) is 5.78 Å². The smallest absolute Gasteiger partial charge is 0.290 e. The summed E-state index contributed by atoms with van der Waals surface area (Å²) in [5.41, 5.74) is 0.241. The van der Waals surface area contributed by atoms with Crippen molar-refractivity contribution in [3.8, 4) is 5.75 Å². The Morgan fingerprint density at radius 2 is 2.06 bits per heavy atom. The number of thiophene rings is 1. The predicted molar refractivity (Wildman–Crippen MR) is 123 cm³/mol. The first kappa shape index (κ1) is 21.4. The SMILES string of the molecule is COc1cc(Cl)cc2cc(C(=O)C3=C(O)C(=O)N(Cc4cccs4)C3c3ccc(C)o3)oc12. The molecule has 1 N–H and O–H groups in total. The fourth-order valence-electron chi connectivity index (χ4n) is 4.00. The Hall–Kier alpha value is -3.49. The maximum Gasteiger partial charge on any atom is 0.290 e. The average Bonchev–Trinajstić information content (AvgIpc) is 3.57. The minimum atomic E-state index is -0.903. The maximum atomic E-state index is 13.6. The van der Waals surface area contributed by atoms with Gasteiger partial charge in [0.1, 0.15) is 17.6 Å². The number of benzene rings is 1. The number of aliphatic hydroxyl groups is 1. The number of ketones is 1. The van der Waals surface area contributed by atoms with Gasteiger partial charge in [-0.3, -0.25) is 9.59 Å². The second-order valence-electron chi connectivity index (χ2n) is 7.59. The quantitative estimate of drug-likeness (QED) is 0.346. The molecule has 0 radical (unpaired) electrons. The molecule has 0 fully saturated rings. The number of furan rings is 2. The number of hydrogen-bond acceptors (Lipinski definition) is 7. The van der Waals surface area contributed by atoms with Crippen molar-refractivity contribution in [2.75, 3.05) is 7.11 Å². The van der Waals surface area contributed by atoms with Crippen LogP contribution in [0.3, 0.4) is 0 Å². The van der Waals surface area contributed by atoms with Gasteiger partial charge in [0.15, 0.2) is 22.9 Å². The highest BCUT2D eigenvalue weighted by molar-refractivity contribution is 7.09. The highest BCUT2D eigenvalue weighted by atomic mass is 35.5. The highest BCUT2D eigenvalue weighted by Crippen LogP contribution is 2.42. The molecule has 1 amide bonds. The van der Waals surface area contributed by atoms with Crippen LogP contribution in [0.25, 0.3) is 11.0 Å². The van der Waals surface area contributed by atoms with Crippen LogP contribution < -0.4 is 4.74 Å². The number of rotatable bonds is 6. The van der Waals surface area contributed by atoms with Crippen molar-refractivity contribution in [1.82, 2.24) is 4.90 Å². The van der Waals surface area contributed by atoms with Crippen molar-refractivity contribution in [3.05, 3.63) is 86.4 Å². The molecule has 4 aromatic rings. The van der Waals surface area contributed by atoms with E-state index in [0.29, 0.717) is 33.3 Å². The zero-order valence-corrected chi connectivity index (χ0v) is 19.2. The normalized spacial score (nSPS) is 16.3. The molecule has 5 rings (SSSR count). The molecule has 1 aliphatic rings. The van der Waals surface area contributed by atoms with Crippen LogP contribution in [0.4, 0.5) is 0 Å². The standard InChI is InChI=1S/C24H18ClNO6S/c1-12-5-6-16(31-12)20-19(22(28)24(29)26(20)11-15-4-3-7-33-15)21(27)17-9-13-8-14(25)10-18(30-2)23(13)32-17/h3-10,20,28H,11H2,1-2H3. The number of aliphatic hydroxyl groups excluding tert-OH is 1. The first-order valence-corrected chi connectivity index (χ1v) is 11.3. The number of halogens is 1. The summed E-state index contributed by atoms with van der Waals surface area (Å²) >= 11 is 7.61. The number of carbonyl (C=O) groups excluding carboxylic acids is 2. The summed E-state index contributed by atoms with van der Waals surface area (Å²) in [6.07, 6.45) is 0. The Balaban J connectivity index is 1.61. The van der Waals surface area contributed by atoms with E-state index in [2.05, 4.69) is 0 Å². The minimum Gasteiger partial charge on any atom is -0.503 e. The van der Waals surface area contributed by atoms with Crippen molar-refractivity contribution in [2.24, 2.45) is 0 Å². The first-order chi connectivity index (χ1) is 15.9. The van der Waals surface area contributed by atoms with Gasteiger partial charge >= 0.3 is 0 Å². The number of methoxy groups -OCH3 is 1. The molecule has 0 spiro atoms. The molecule has 168 valence electrons. The molecule has 1 atom stereocenters. The van der Waals surface area contributed by atoms with E-state index in [1.54, 1.807) is 31.2 Å². The number of ether oxygens (including phenoxy) is 1. The molecule has 1 aromatic carbocycles. The molecule has 0 aliphatic carbocycles. The Bertz CT molecular complexity index is 1410. The molecule has 7 nitrogen and oxygen atoms in total. The molecule has 0 saturated heterocycles. The molecule has 1 aliphatic heterocycles. The van der Waals surface area contributed by atoms with Crippen LogP contribution >= 0.6 is 22.9 Å². The molecule has 0 bridgehead atoms. The summed E-state index contributed by atoms with van der Waals surface area (Å²) in [7, 11) is 1.47. The second-order valence-corrected chi connectivity index (χ2v) is 9.06. The lowest BCUT2D eigenvalue weighted by molar-refractivity contribution is -0.130. The molecule has 9 heteroatoms. The minimum absolute atomic E-state index is 0.0498. The highest BCUT2D eigenvalue weighted by Gasteiger charge is 2.46. The van der Waals surface area contributed by atoms with Crippen LogP contribution in [-0.2, 0) is 11.3 Å². The van der Waals surface area contributed by atoms with E-state index < -0.39 is 23.5 Å². The van der Waals surface area contributed by atoms with E-state index in [-0.39, 0.29) is 17.9 Å². The summed E-state index contributed by atoms with van der Waals surface area (Å²) in [5, 5.41) is 13.7. The maximum absolute atomic E-state index is 13.6. The fraction of sp³-hybridized carbons (Fsp3) is 0.167. The number of aryl methyl sites for hydroxylation is 1. The van der Waals surface area contributed by atoms with E-state index in [9.17, 15) is 14.7 Å². The van der Waals surface area contributed by atoms with Crippen LogP contribution in [0.2, 0.25) is 5.02 Å². The Kier molecular flexibility index (Phi) is 5.26. The van der Waals surface area contributed by atoms with E-state index in [1.807, 2.05) is 17.5 Å². The van der Waals surface area contributed by atoms with Gasteiger partial charge in [-0.2, -0.15) is 0 Å². The first-order valence-electron chi connectivity index (χ1n) is 10.0. The van der Waals surface area contributed by atoms with Crippen LogP contribution in [0.5, 0.6) is 5.75 Å². The molecule has 0 saturated carbocycles. The third-order valence-corrected chi connectivity index (χ3v) is 6.56. The van der Waals surface area contributed by atoms with E-state index in [0.717, 1.165) is 4.88 Å². The van der Waals surface area contributed by atoms with Gasteiger partial charge in [0.05, 0.1) is 19.2 Å². The molecule has 3 aromatic heterocycles. The van der Waals surface area contributed by atoms with Crippen LogP contribution in [0.15, 0.2) is 68.0 Å². The number of amides is 1. The van der Waals surface area contributed by atoms with Crippen LogP contribution in [0.1, 0.15) is 33.0 Å². The number of carbonyl (C=O) groups is 2. The van der Waals surface area contributed by atoms with Crippen molar-refractivity contribution < 1.29 is 28.3 Å². The van der Waals surface area contributed by atoms with Crippen molar-refractivity contribution in [2.45, 2.75) is 19.5 Å². The summed E-state index contributed by atoms with van der Waals surface area (Å²) < 4.78 is 16.9. The third kappa shape index (κ3) is 3.61. The fourth-order valence-corrected chi connectivity index (χ4v) is 4.92. The molecular weight excluding hydrogens is 466 g/mol. The van der Waals surface area contributed by atoms with E-state index >= 15 is 0 Å². The van der Waals surface area contributed by atoms with Crippen molar-refractivity contribution in [1.29, 1.82) is 0 Å². The van der Waals surface area contributed by atoms with Crippen LogP contribution in [-0.4, -0.2) is 28.8 Å². The topological polar surface area (TPSA) is 93.1 Å². The van der Waals surface area contributed by atoms with Gasteiger partial charge in [0, 0.05) is 21.4 Å². The van der Waals surface area contributed by atoms with Gasteiger partial charge in [0.25, 0.3) is 5.91 Å². The van der Waals surface area contributed by atoms with Gasteiger partial charge in [-0.15, -0.1) is 11.3 Å². The van der Waals surface area contributed by atoms with Crippen molar-refractivity contribution >= 4 is 45.6 Å². The second kappa shape index (κ2) is 8.13. The zero-order chi connectivity index (χ0) is 23.3. The van der Waals surface area contributed by atoms with Crippen molar-refractivity contribution in [3.63, 3.8) is 0 Å². The molecule has 33 heavy (non-hydrogen) atoms. The van der Waals surface area contributed by atoms with Gasteiger partial charge in [-0.25, -0.2) is 0 Å². The molecule has 1 unspecified atom stereocenters. The largest absolute Gasteiger partial charge is 0.503 e. The monoisotopic (exact) mass is 483 g/mol. The summed E-state index contributed by atoms with van der Waals surface area (Å²) in [5.74, 6) is -0.580. The Labute approximate surface area is 197 Å². The lowest BCUT2D eigenvalue weighted by Gasteiger charge is -2.24. The third-order valence-electron chi connectivity index (χ3n) is 5.48. The van der Waals surface area contributed by atoms with E-state index in [1.165, 1.54) is 29.4 Å². The summed E-state index contributed by atoms with van der Waals surface area (Å²) in [6.45, 7) is 1.98. The summed E-state index contributed by atoms with van der Waals surface area (Å²) in [6, 6.07) is 11.0. The van der Waals surface area contributed by atoms with Gasteiger partial charge < -0.3 is 23.6 Å². The Morgan fingerprint density at radius 1 is 1.24 bits per heavy atom. The van der Waals surface area contributed by atoms with Crippen LogP contribution in [0, 0.1) is 6.92 Å². The lowest BCUT2D eigenvalue weighted by atomic mass is 9.99. The average molecular weight is 484 g/mol. The summed E-state index contributed by atoms with van der Waals surface area (Å²) in [4.78, 5) is 29.0. The number of nitrogens with zero attached hydrogens (tertiary/aromatic N) is 1. The predicted octanol–water partition coefficient (Wildman–Crippen LogP) is 5.84. The lowest BCUT2D eigenvalue weighted by Crippen LogP contribution is -2.30. The van der Waals surface area contributed by atoms with E-state index in [4.69, 9.17) is 25.2 Å². The molecule has 4 heterocycles. The van der Waals surface area contributed by atoms with Gasteiger partial charge in [-0.05, 0) is 42.6 Å². The Morgan fingerprint density at radius 3 is 2.73 bits per heavy atom.